The van der Waals surface area contributed by atoms with Crippen LogP contribution in [0.1, 0.15) is 25.0 Å². The minimum atomic E-state index is -3.39. The van der Waals surface area contributed by atoms with E-state index in [4.69, 9.17) is 0 Å². The van der Waals surface area contributed by atoms with E-state index in [2.05, 4.69) is 15.1 Å². The Morgan fingerprint density at radius 2 is 2.19 bits per heavy atom. The molecule has 1 saturated carbocycles. The molecular weight excluding hydrogens is 290 g/mol. The van der Waals surface area contributed by atoms with Gasteiger partial charge in [-0.3, -0.25) is 4.68 Å². The standard InChI is InChI=1S/C13H25N5O2S/c1-17-11-7-13(16-17)6-9-15-21(19,20)18(2)10-3-8-14-12-4-5-12/h7,11-12,14-15H,3-6,8-10H2,1-2H3. The van der Waals surface area contributed by atoms with Crippen LogP contribution in [0.3, 0.4) is 0 Å². The SMILES string of the molecule is CN(CCCNC1CC1)S(=O)(=O)NCCc1ccn(C)n1. The first-order chi connectivity index (χ1) is 9.97. The molecule has 1 aromatic heterocycles. The highest BCUT2D eigenvalue weighted by Crippen LogP contribution is 2.18. The number of hydrogen-bond donors (Lipinski definition) is 2. The molecule has 1 aliphatic carbocycles. The van der Waals surface area contributed by atoms with E-state index in [-0.39, 0.29) is 0 Å². The van der Waals surface area contributed by atoms with Crippen LogP contribution in [0.25, 0.3) is 0 Å². The second-order valence-corrected chi connectivity index (χ2v) is 7.40. The molecule has 7 nitrogen and oxygen atoms in total. The summed E-state index contributed by atoms with van der Waals surface area (Å²) in [7, 11) is 0.0680. The van der Waals surface area contributed by atoms with Crippen molar-refractivity contribution in [3.63, 3.8) is 0 Å². The van der Waals surface area contributed by atoms with Gasteiger partial charge in [0.05, 0.1) is 5.69 Å². The van der Waals surface area contributed by atoms with Crippen molar-refractivity contribution in [2.75, 3.05) is 26.7 Å². The van der Waals surface area contributed by atoms with Gasteiger partial charge in [0.1, 0.15) is 0 Å². The third-order valence-corrected chi connectivity index (χ3v) is 5.08. The van der Waals surface area contributed by atoms with Crippen molar-refractivity contribution in [3.05, 3.63) is 18.0 Å². The fourth-order valence-corrected chi connectivity index (χ4v) is 2.98. The molecule has 120 valence electrons. The van der Waals surface area contributed by atoms with Gasteiger partial charge in [0.25, 0.3) is 10.2 Å². The van der Waals surface area contributed by atoms with E-state index < -0.39 is 10.2 Å². The Morgan fingerprint density at radius 3 is 2.81 bits per heavy atom. The van der Waals surface area contributed by atoms with Crippen molar-refractivity contribution in [3.8, 4) is 0 Å². The lowest BCUT2D eigenvalue weighted by atomic mass is 10.3. The lowest BCUT2D eigenvalue weighted by molar-refractivity contribution is 0.444. The normalized spacial score (nSPS) is 15.8. The van der Waals surface area contributed by atoms with Gasteiger partial charge >= 0.3 is 0 Å². The van der Waals surface area contributed by atoms with E-state index in [0.717, 1.165) is 18.7 Å². The van der Waals surface area contributed by atoms with Crippen molar-refractivity contribution in [1.29, 1.82) is 0 Å². The van der Waals surface area contributed by atoms with Gasteiger partial charge in [-0.1, -0.05) is 0 Å². The summed E-state index contributed by atoms with van der Waals surface area (Å²) < 4.78 is 29.8. The number of nitrogens with zero attached hydrogens (tertiary/aromatic N) is 3. The van der Waals surface area contributed by atoms with Crippen LogP contribution in [0.2, 0.25) is 0 Å². The van der Waals surface area contributed by atoms with Crippen LogP contribution in [-0.4, -0.2) is 55.2 Å². The first kappa shape index (κ1) is 16.4. The van der Waals surface area contributed by atoms with Gasteiger partial charge in [-0.25, -0.2) is 4.72 Å². The summed E-state index contributed by atoms with van der Waals surface area (Å²) in [5, 5.41) is 7.60. The van der Waals surface area contributed by atoms with E-state index in [0.29, 0.717) is 25.6 Å². The molecule has 0 spiro atoms. The molecule has 1 aliphatic rings. The van der Waals surface area contributed by atoms with Crippen LogP contribution in [0.15, 0.2) is 12.3 Å². The monoisotopic (exact) mass is 315 g/mol. The van der Waals surface area contributed by atoms with Crippen molar-refractivity contribution in [2.45, 2.75) is 31.7 Å². The highest BCUT2D eigenvalue weighted by Gasteiger charge is 2.20. The molecule has 1 aromatic rings. The summed E-state index contributed by atoms with van der Waals surface area (Å²) in [6.07, 6.45) is 5.78. The summed E-state index contributed by atoms with van der Waals surface area (Å²) in [5.74, 6) is 0. The zero-order valence-corrected chi connectivity index (χ0v) is 13.6. The molecule has 0 atom stereocenters. The second kappa shape index (κ2) is 7.35. The average Bonchev–Trinajstić information content (AvgIpc) is 3.16. The van der Waals surface area contributed by atoms with Crippen molar-refractivity contribution < 1.29 is 8.42 Å². The molecule has 0 aliphatic heterocycles. The lowest BCUT2D eigenvalue weighted by Crippen LogP contribution is -2.40. The quantitative estimate of drug-likeness (QED) is 0.590. The van der Waals surface area contributed by atoms with Crippen LogP contribution in [-0.2, 0) is 23.7 Å². The fraction of sp³-hybridized carbons (Fsp3) is 0.769. The smallest absolute Gasteiger partial charge is 0.279 e. The van der Waals surface area contributed by atoms with Crippen LogP contribution in [0.4, 0.5) is 0 Å². The second-order valence-electron chi connectivity index (χ2n) is 5.53. The molecule has 1 fully saturated rings. The number of hydrogen-bond acceptors (Lipinski definition) is 4. The number of rotatable bonds is 10. The predicted octanol–water partition coefficient (Wildman–Crippen LogP) is -0.129. The molecule has 21 heavy (non-hydrogen) atoms. The van der Waals surface area contributed by atoms with E-state index in [1.807, 2.05) is 19.3 Å². The molecule has 1 heterocycles. The van der Waals surface area contributed by atoms with E-state index in [1.165, 1.54) is 17.1 Å². The largest absolute Gasteiger partial charge is 0.314 e. The summed E-state index contributed by atoms with van der Waals surface area (Å²) >= 11 is 0. The Hall–Kier alpha value is -0.960. The molecule has 0 radical (unpaired) electrons. The predicted molar refractivity (Wildman–Crippen MR) is 82.1 cm³/mol. The highest BCUT2D eigenvalue weighted by molar-refractivity contribution is 7.87. The minimum absolute atomic E-state index is 0.365. The Bertz CT molecular complexity index is 539. The van der Waals surface area contributed by atoms with Gasteiger partial charge in [-0.2, -0.15) is 17.8 Å². The molecule has 0 bridgehead atoms. The summed E-state index contributed by atoms with van der Waals surface area (Å²) in [6, 6.07) is 2.56. The minimum Gasteiger partial charge on any atom is -0.314 e. The zero-order valence-electron chi connectivity index (χ0n) is 12.7. The van der Waals surface area contributed by atoms with Gasteiger partial charge < -0.3 is 5.32 Å². The highest BCUT2D eigenvalue weighted by atomic mass is 32.2. The molecular formula is C13H25N5O2S. The van der Waals surface area contributed by atoms with Gasteiger partial charge in [0, 0.05) is 45.8 Å². The zero-order chi connectivity index (χ0) is 15.3. The summed E-state index contributed by atoms with van der Waals surface area (Å²) in [6.45, 7) is 1.76. The topological polar surface area (TPSA) is 79.3 Å². The van der Waals surface area contributed by atoms with Gasteiger partial charge in [0.2, 0.25) is 0 Å². The molecule has 0 unspecified atom stereocenters. The van der Waals surface area contributed by atoms with Crippen molar-refractivity contribution in [1.82, 2.24) is 24.1 Å². The van der Waals surface area contributed by atoms with E-state index >= 15 is 0 Å². The molecule has 0 aromatic carbocycles. The van der Waals surface area contributed by atoms with Gasteiger partial charge in [-0.15, -0.1) is 0 Å². The van der Waals surface area contributed by atoms with Gasteiger partial charge in [-0.05, 0) is 31.9 Å². The Kier molecular flexibility index (Phi) is 5.74. The number of aryl methyl sites for hydroxylation is 1. The maximum atomic E-state index is 12.0. The van der Waals surface area contributed by atoms with Crippen LogP contribution in [0, 0.1) is 0 Å². The third-order valence-electron chi connectivity index (χ3n) is 3.50. The van der Waals surface area contributed by atoms with Crippen molar-refractivity contribution in [2.24, 2.45) is 7.05 Å². The Morgan fingerprint density at radius 1 is 1.43 bits per heavy atom. The first-order valence-electron chi connectivity index (χ1n) is 7.40. The van der Waals surface area contributed by atoms with Crippen molar-refractivity contribution >= 4 is 10.2 Å². The third kappa shape index (κ3) is 5.74. The van der Waals surface area contributed by atoms with Crippen LogP contribution < -0.4 is 10.0 Å². The lowest BCUT2D eigenvalue weighted by Gasteiger charge is -2.17. The van der Waals surface area contributed by atoms with E-state index in [9.17, 15) is 8.42 Å². The molecule has 2 rings (SSSR count). The Labute approximate surface area is 126 Å². The molecule has 0 amide bonds. The maximum absolute atomic E-state index is 12.0. The first-order valence-corrected chi connectivity index (χ1v) is 8.84. The summed E-state index contributed by atoms with van der Waals surface area (Å²) in [4.78, 5) is 0. The fourth-order valence-electron chi connectivity index (χ4n) is 2.03. The van der Waals surface area contributed by atoms with E-state index in [1.54, 1.807) is 11.7 Å². The molecule has 2 N–H and O–H groups in total. The average molecular weight is 315 g/mol. The number of aromatic nitrogens is 2. The molecule has 8 heteroatoms. The van der Waals surface area contributed by atoms with Crippen LogP contribution >= 0.6 is 0 Å². The summed E-state index contributed by atoms with van der Waals surface area (Å²) in [5.41, 5.74) is 0.886. The number of nitrogens with one attached hydrogen (secondary N) is 2. The van der Waals surface area contributed by atoms with Gasteiger partial charge in [0.15, 0.2) is 0 Å². The maximum Gasteiger partial charge on any atom is 0.279 e. The Balaban J connectivity index is 1.64. The molecule has 0 saturated heterocycles. The van der Waals surface area contributed by atoms with Crippen LogP contribution in [0.5, 0.6) is 0 Å².